The Labute approximate surface area is 266 Å². The molecule has 0 aromatic heterocycles. The number of rotatable bonds is 7. The van der Waals surface area contributed by atoms with Crippen LogP contribution in [0.3, 0.4) is 0 Å². The van der Waals surface area contributed by atoms with Crippen molar-refractivity contribution in [3.63, 3.8) is 0 Å². The first-order valence-corrected chi connectivity index (χ1v) is 16.5. The summed E-state index contributed by atoms with van der Waals surface area (Å²) in [6.45, 7) is 8.02. The molecule has 0 N–H and O–H groups in total. The van der Waals surface area contributed by atoms with E-state index in [2.05, 4.69) is 60.9 Å². The summed E-state index contributed by atoms with van der Waals surface area (Å²) in [7, 11) is 0. The summed E-state index contributed by atoms with van der Waals surface area (Å²) in [5, 5.41) is 0. The van der Waals surface area contributed by atoms with Crippen LogP contribution in [0.1, 0.15) is 68.4 Å². The van der Waals surface area contributed by atoms with Gasteiger partial charge in [0.05, 0.1) is 6.04 Å². The Morgan fingerprint density at radius 1 is 1.02 bits per heavy atom. The normalized spacial score (nSPS) is 26.6. The van der Waals surface area contributed by atoms with E-state index in [1.54, 1.807) is 0 Å². The number of hydrogen-bond donors (Lipinski definition) is 0. The molecule has 6 atom stereocenters. The highest BCUT2D eigenvalue weighted by atomic mass is 16.5. The lowest BCUT2D eigenvalue weighted by Gasteiger charge is -2.60. The van der Waals surface area contributed by atoms with Crippen LogP contribution in [0.15, 0.2) is 78.9 Å². The van der Waals surface area contributed by atoms with Crippen LogP contribution in [-0.2, 0) is 26.2 Å². The summed E-state index contributed by atoms with van der Waals surface area (Å²) in [6, 6.07) is 26.6. The Hall–Kier alpha value is -4.08. The third-order valence-electron chi connectivity index (χ3n) is 10.5. The van der Waals surface area contributed by atoms with Crippen molar-refractivity contribution in [1.82, 2.24) is 9.80 Å². The van der Waals surface area contributed by atoms with Crippen molar-refractivity contribution >= 4 is 11.9 Å². The predicted octanol–water partition coefficient (Wildman–Crippen LogP) is 5.94. The number of benzene rings is 3. The molecule has 1 unspecified atom stereocenters. The maximum absolute atomic E-state index is 13.9. The van der Waals surface area contributed by atoms with Crippen LogP contribution in [0.4, 0.5) is 0 Å². The van der Waals surface area contributed by atoms with E-state index in [9.17, 15) is 9.59 Å². The third kappa shape index (κ3) is 5.32. The second-order valence-corrected chi connectivity index (χ2v) is 13.6. The molecule has 2 aliphatic heterocycles. The van der Waals surface area contributed by atoms with Crippen molar-refractivity contribution in [2.45, 2.75) is 76.2 Å². The van der Waals surface area contributed by atoms with E-state index in [1.165, 1.54) is 18.1 Å². The summed E-state index contributed by atoms with van der Waals surface area (Å²) in [4.78, 5) is 30.7. The molecule has 232 valence electrons. The van der Waals surface area contributed by atoms with Gasteiger partial charge in [-0.1, -0.05) is 80.4 Å². The van der Waals surface area contributed by atoms with Gasteiger partial charge in [0.25, 0.3) is 5.91 Å². The lowest BCUT2D eigenvalue weighted by atomic mass is 9.51. The topological polar surface area (TPSA) is 59.1 Å². The highest BCUT2D eigenvalue weighted by Gasteiger charge is 2.66. The van der Waals surface area contributed by atoms with Crippen molar-refractivity contribution in [3.05, 3.63) is 101 Å². The van der Waals surface area contributed by atoms with E-state index in [-0.39, 0.29) is 35.5 Å². The summed E-state index contributed by atoms with van der Waals surface area (Å²) >= 11 is 0. The first kappa shape index (κ1) is 29.6. The van der Waals surface area contributed by atoms with Gasteiger partial charge in [0.2, 0.25) is 0 Å². The number of carbonyl (C=O) groups is 2. The van der Waals surface area contributed by atoms with Crippen LogP contribution >= 0.6 is 0 Å². The van der Waals surface area contributed by atoms with Crippen LogP contribution in [0.25, 0.3) is 0 Å². The van der Waals surface area contributed by atoms with Gasteiger partial charge < -0.3 is 14.4 Å². The van der Waals surface area contributed by atoms with E-state index >= 15 is 0 Å². The Morgan fingerprint density at radius 3 is 2.51 bits per heavy atom. The summed E-state index contributed by atoms with van der Waals surface area (Å²) < 4.78 is 12.9. The van der Waals surface area contributed by atoms with Gasteiger partial charge in [-0.3, -0.25) is 14.5 Å². The molecule has 45 heavy (non-hydrogen) atoms. The van der Waals surface area contributed by atoms with Crippen LogP contribution in [-0.4, -0.2) is 59.5 Å². The predicted molar refractivity (Wildman–Crippen MR) is 174 cm³/mol. The number of likely N-dealkylation sites (tertiary alicyclic amines) is 1. The SMILES string of the molecule is CC(=O)OC(CN1CC[C@]23c4c5cccc4O[C@H]2[C@H](N(CC(C)C)C(=O)C#Cc2ccccc2)CC[C@H]3[C@H]1C5)c1ccccc1. The van der Waals surface area contributed by atoms with Gasteiger partial charge >= 0.3 is 5.97 Å². The molecule has 3 aromatic carbocycles. The molecule has 1 spiro atoms. The molecule has 6 heteroatoms. The highest BCUT2D eigenvalue weighted by molar-refractivity contribution is 5.94. The van der Waals surface area contributed by atoms with E-state index in [4.69, 9.17) is 9.47 Å². The number of amides is 1. The van der Waals surface area contributed by atoms with E-state index in [1.807, 2.05) is 53.4 Å². The fourth-order valence-electron chi connectivity index (χ4n) is 8.89. The first-order valence-electron chi connectivity index (χ1n) is 16.5. The van der Waals surface area contributed by atoms with Crippen LogP contribution in [0, 0.1) is 23.7 Å². The minimum Gasteiger partial charge on any atom is -0.487 e. The van der Waals surface area contributed by atoms with Crippen molar-refractivity contribution in [2.24, 2.45) is 11.8 Å². The second kappa shape index (κ2) is 12.0. The van der Waals surface area contributed by atoms with Gasteiger partial charge in [0.15, 0.2) is 0 Å². The van der Waals surface area contributed by atoms with Crippen molar-refractivity contribution in [1.29, 1.82) is 0 Å². The fraction of sp³-hybridized carbons (Fsp3) is 0.436. The molecule has 0 radical (unpaired) electrons. The Kier molecular flexibility index (Phi) is 7.91. The molecule has 2 heterocycles. The van der Waals surface area contributed by atoms with E-state index in [0.29, 0.717) is 31.0 Å². The Morgan fingerprint density at radius 2 is 1.78 bits per heavy atom. The number of ether oxygens (including phenoxy) is 2. The molecule has 1 amide bonds. The summed E-state index contributed by atoms with van der Waals surface area (Å²) in [5.74, 6) is 7.41. The minimum atomic E-state index is -0.320. The Bertz CT molecular complexity index is 1630. The average molecular weight is 603 g/mol. The third-order valence-corrected chi connectivity index (χ3v) is 10.5. The molecular formula is C39H42N2O4. The lowest BCUT2D eigenvalue weighted by molar-refractivity contribution is -0.151. The van der Waals surface area contributed by atoms with Gasteiger partial charge in [-0.15, -0.1) is 0 Å². The zero-order valence-electron chi connectivity index (χ0n) is 26.4. The standard InChI is InChI=1S/C39H42N2O4/c1-26(2)24-41(36(43)20-17-28-11-6-4-7-12-28)32-19-18-31-33-23-30-15-10-16-34-37(30)39(31,38(32)45-34)21-22-40(33)25-35(44-27(3)42)29-13-8-5-9-14-29/h4-16,26,31-33,35,38H,18-19,21-25H2,1-3H3/t31-,32+,33+,35?,38-,39-/m0/s1. The second-order valence-electron chi connectivity index (χ2n) is 13.6. The minimum absolute atomic E-state index is 0.0510. The first-order chi connectivity index (χ1) is 21.8. The number of nitrogens with zero attached hydrogens (tertiary/aromatic N) is 2. The molecule has 1 saturated carbocycles. The molecule has 2 fully saturated rings. The monoisotopic (exact) mass is 602 g/mol. The van der Waals surface area contributed by atoms with Gasteiger partial charge in [-0.2, -0.15) is 0 Å². The Balaban J connectivity index is 1.22. The van der Waals surface area contributed by atoms with Crippen molar-refractivity contribution in [3.8, 4) is 17.6 Å². The average Bonchev–Trinajstić information content (AvgIpc) is 3.38. The maximum atomic E-state index is 13.9. The molecule has 7 rings (SSSR count). The smallest absolute Gasteiger partial charge is 0.303 e. The number of esters is 1. The summed E-state index contributed by atoms with van der Waals surface area (Å²) in [5.41, 5.74) is 4.46. The number of carbonyl (C=O) groups excluding carboxylic acids is 2. The van der Waals surface area contributed by atoms with Gasteiger partial charge in [0, 0.05) is 48.5 Å². The number of hydrogen-bond acceptors (Lipinski definition) is 5. The quantitative estimate of drug-likeness (QED) is 0.248. The molecule has 2 bridgehead atoms. The van der Waals surface area contributed by atoms with Crippen molar-refractivity contribution < 1.29 is 19.1 Å². The van der Waals surface area contributed by atoms with Gasteiger partial charge in [-0.05, 0) is 73.4 Å². The van der Waals surface area contributed by atoms with Crippen LogP contribution in [0.2, 0.25) is 0 Å². The van der Waals surface area contributed by atoms with Gasteiger partial charge in [-0.25, -0.2) is 0 Å². The maximum Gasteiger partial charge on any atom is 0.303 e. The van der Waals surface area contributed by atoms with Crippen molar-refractivity contribution in [2.75, 3.05) is 19.6 Å². The van der Waals surface area contributed by atoms with E-state index < -0.39 is 0 Å². The van der Waals surface area contributed by atoms with Crippen LogP contribution < -0.4 is 4.74 Å². The molecule has 6 nitrogen and oxygen atoms in total. The number of piperidine rings is 1. The van der Waals surface area contributed by atoms with Gasteiger partial charge in [0.1, 0.15) is 18.0 Å². The molecular weight excluding hydrogens is 560 g/mol. The fourth-order valence-corrected chi connectivity index (χ4v) is 8.89. The van der Waals surface area contributed by atoms with E-state index in [0.717, 1.165) is 49.1 Å². The molecule has 1 saturated heterocycles. The summed E-state index contributed by atoms with van der Waals surface area (Å²) in [6.07, 6.45) is 3.35. The molecule has 2 aliphatic carbocycles. The molecule has 3 aromatic rings. The zero-order chi connectivity index (χ0) is 31.1. The zero-order valence-corrected chi connectivity index (χ0v) is 26.4. The molecule has 4 aliphatic rings. The largest absolute Gasteiger partial charge is 0.487 e. The lowest BCUT2D eigenvalue weighted by Crippen LogP contribution is -2.69. The highest BCUT2D eigenvalue weighted by Crippen LogP contribution is 2.62. The van der Waals surface area contributed by atoms with Crippen LogP contribution in [0.5, 0.6) is 5.75 Å².